The molecule has 2 aromatic heterocycles. The highest BCUT2D eigenvalue weighted by atomic mass is 32.1. The van der Waals surface area contributed by atoms with Gasteiger partial charge in [0.05, 0.1) is 35.7 Å². The Hall–Kier alpha value is -3.72. The second-order valence-corrected chi connectivity index (χ2v) is 7.27. The number of aromatic amines is 1. The van der Waals surface area contributed by atoms with E-state index >= 15 is 0 Å². The number of carbonyl (C=O) groups is 2. The Bertz CT molecular complexity index is 1220. The van der Waals surface area contributed by atoms with E-state index in [1.807, 2.05) is 29.6 Å². The van der Waals surface area contributed by atoms with Crippen LogP contribution < -0.4 is 10.1 Å². The van der Waals surface area contributed by atoms with Crippen molar-refractivity contribution in [3.8, 4) is 17.0 Å². The molecule has 4 aromatic rings. The number of ether oxygens (including phenoxy) is 2. The van der Waals surface area contributed by atoms with Gasteiger partial charge in [-0.15, -0.1) is 11.3 Å². The van der Waals surface area contributed by atoms with Crippen LogP contribution >= 0.6 is 11.3 Å². The lowest BCUT2D eigenvalue weighted by atomic mass is 10.1. The molecule has 1 atom stereocenters. The lowest BCUT2D eigenvalue weighted by Gasteiger charge is -2.12. The Morgan fingerprint density at radius 2 is 2.03 bits per heavy atom. The summed E-state index contributed by atoms with van der Waals surface area (Å²) >= 11 is 1.28. The monoisotopic (exact) mass is 422 g/mol. The van der Waals surface area contributed by atoms with Gasteiger partial charge in [-0.2, -0.15) is 0 Å². The molecular weight excluding hydrogens is 404 g/mol. The fraction of sp³-hybridized carbons (Fsp3) is 0.143. The van der Waals surface area contributed by atoms with Gasteiger partial charge < -0.3 is 14.5 Å². The largest absolute Gasteiger partial charge is 0.496 e. The van der Waals surface area contributed by atoms with Crippen LogP contribution in [0.15, 0.2) is 54.2 Å². The summed E-state index contributed by atoms with van der Waals surface area (Å²) in [5, 5.41) is 4.91. The SMILES string of the molecule is COc1ccccc1-c1csc(NC(=O)C(C)OC(=O)c2ccc3nc[nH]c3c2)n1. The minimum atomic E-state index is -0.992. The molecule has 152 valence electrons. The van der Waals surface area contributed by atoms with Crippen LogP contribution in [0.4, 0.5) is 5.13 Å². The summed E-state index contributed by atoms with van der Waals surface area (Å²) in [4.78, 5) is 36.3. The minimum absolute atomic E-state index is 0.333. The Labute approximate surface area is 175 Å². The molecule has 2 N–H and O–H groups in total. The number of hydrogen-bond donors (Lipinski definition) is 2. The molecule has 2 aromatic carbocycles. The van der Waals surface area contributed by atoms with Crippen molar-refractivity contribution in [1.82, 2.24) is 15.0 Å². The molecule has 9 heteroatoms. The number of nitrogens with one attached hydrogen (secondary N) is 2. The van der Waals surface area contributed by atoms with Gasteiger partial charge in [-0.1, -0.05) is 12.1 Å². The van der Waals surface area contributed by atoms with Gasteiger partial charge in [0.25, 0.3) is 5.91 Å². The van der Waals surface area contributed by atoms with Crippen molar-refractivity contribution >= 4 is 39.4 Å². The number of amides is 1. The van der Waals surface area contributed by atoms with Crippen LogP contribution in [0.2, 0.25) is 0 Å². The number of imidazole rings is 1. The highest BCUT2D eigenvalue weighted by molar-refractivity contribution is 7.14. The maximum absolute atomic E-state index is 12.5. The highest BCUT2D eigenvalue weighted by Crippen LogP contribution is 2.31. The Morgan fingerprint density at radius 1 is 1.20 bits per heavy atom. The topological polar surface area (TPSA) is 106 Å². The summed E-state index contributed by atoms with van der Waals surface area (Å²) in [5.74, 6) is -0.368. The molecule has 0 radical (unpaired) electrons. The predicted molar refractivity (Wildman–Crippen MR) is 114 cm³/mol. The summed E-state index contributed by atoms with van der Waals surface area (Å²) in [6.07, 6.45) is 0.553. The lowest BCUT2D eigenvalue weighted by Crippen LogP contribution is -2.29. The van der Waals surface area contributed by atoms with E-state index in [9.17, 15) is 9.59 Å². The molecule has 0 aliphatic carbocycles. The molecule has 0 spiro atoms. The Morgan fingerprint density at radius 3 is 2.87 bits per heavy atom. The van der Waals surface area contributed by atoms with Gasteiger partial charge in [-0.05, 0) is 37.3 Å². The maximum atomic E-state index is 12.5. The van der Waals surface area contributed by atoms with Gasteiger partial charge >= 0.3 is 5.97 Å². The van der Waals surface area contributed by atoms with E-state index in [2.05, 4.69) is 20.3 Å². The lowest BCUT2D eigenvalue weighted by molar-refractivity contribution is -0.123. The molecule has 1 amide bonds. The van der Waals surface area contributed by atoms with E-state index in [0.29, 0.717) is 27.7 Å². The van der Waals surface area contributed by atoms with Crippen LogP contribution in [0.3, 0.4) is 0 Å². The van der Waals surface area contributed by atoms with Gasteiger partial charge in [0.2, 0.25) is 0 Å². The second-order valence-electron chi connectivity index (χ2n) is 6.41. The molecule has 0 bridgehead atoms. The van der Waals surface area contributed by atoms with E-state index in [-0.39, 0.29) is 0 Å². The summed E-state index contributed by atoms with van der Waals surface area (Å²) in [7, 11) is 1.59. The molecule has 1 unspecified atom stereocenters. The summed E-state index contributed by atoms with van der Waals surface area (Å²) in [6.45, 7) is 1.51. The zero-order valence-electron chi connectivity index (χ0n) is 16.2. The third-order valence-corrected chi connectivity index (χ3v) is 5.18. The molecule has 8 nitrogen and oxygen atoms in total. The predicted octanol–water partition coefficient (Wildman–Crippen LogP) is 3.88. The molecule has 2 heterocycles. The Balaban J connectivity index is 1.41. The van der Waals surface area contributed by atoms with Crippen LogP contribution in [0.5, 0.6) is 5.75 Å². The van der Waals surface area contributed by atoms with Crippen LogP contribution in [0, 0.1) is 0 Å². The van der Waals surface area contributed by atoms with Crippen LogP contribution in [0.1, 0.15) is 17.3 Å². The van der Waals surface area contributed by atoms with E-state index in [0.717, 1.165) is 11.1 Å². The van der Waals surface area contributed by atoms with Gasteiger partial charge in [0, 0.05) is 10.9 Å². The number of thiazole rings is 1. The number of nitrogens with zero attached hydrogens (tertiary/aromatic N) is 2. The molecule has 4 rings (SSSR count). The zero-order valence-corrected chi connectivity index (χ0v) is 17.0. The number of esters is 1. The average Bonchev–Trinajstić information content (AvgIpc) is 3.42. The number of rotatable bonds is 6. The third kappa shape index (κ3) is 4.01. The van der Waals surface area contributed by atoms with Crippen molar-refractivity contribution in [2.75, 3.05) is 12.4 Å². The number of carbonyl (C=O) groups excluding carboxylic acids is 2. The first-order valence-corrected chi connectivity index (χ1v) is 9.97. The highest BCUT2D eigenvalue weighted by Gasteiger charge is 2.21. The second kappa shape index (κ2) is 8.34. The smallest absolute Gasteiger partial charge is 0.338 e. The number of hydrogen-bond acceptors (Lipinski definition) is 7. The van der Waals surface area contributed by atoms with E-state index in [1.54, 1.807) is 31.6 Å². The van der Waals surface area contributed by atoms with Crippen LogP contribution in [0.25, 0.3) is 22.3 Å². The van der Waals surface area contributed by atoms with Crippen molar-refractivity contribution in [2.45, 2.75) is 13.0 Å². The number of benzene rings is 2. The van der Waals surface area contributed by atoms with Gasteiger partial charge in [-0.3, -0.25) is 10.1 Å². The van der Waals surface area contributed by atoms with E-state index < -0.39 is 18.0 Å². The standard InChI is InChI=1S/C21H18N4O4S/c1-12(29-20(27)13-7-8-15-16(9-13)23-11-22-15)19(26)25-21-24-17(10-30-21)14-5-3-4-6-18(14)28-2/h3-12H,1-2H3,(H,22,23)(H,24,25,26). The molecule has 0 aliphatic rings. The molecular formula is C21H18N4O4S. The van der Waals surface area contributed by atoms with Crippen LogP contribution in [-0.4, -0.2) is 40.0 Å². The first kappa shape index (κ1) is 19.6. The quantitative estimate of drug-likeness (QED) is 0.457. The average molecular weight is 422 g/mol. The minimum Gasteiger partial charge on any atom is -0.496 e. The third-order valence-electron chi connectivity index (χ3n) is 4.43. The van der Waals surface area contributed by atoms with Crippen molar-refractivity contribution in [3.63, 3.8) is 0 Å². The Kier molecular flexibility index (Phi) is 5.44. The first-order valence-electron chi connectivity index (χ1n) is 9.09. The molecule has 0 saturated heterocycles. The van der Waals surface area contributed by atoms with Crippen LogP contribution in [-0.2, 0) is 9.53 Å². The number of anilines is 1. The summed E-state index contributed by atoms with van der Waals surface area (Å²) in [6, 6.07) is 12.4. The normalized spacial score (nSPS) is 11.8. The molecule has 30 heavy (non-hydrogen) atoms. The van der Waals surface area contributed by atoms with Gasteiger partial charge in [0.1, 0.15) is 5.75 Å². The fourth-order valence-electron chi connectivity index (χ4n) is 2.86. The molecule has 0 aliphatic heterocycles. The van der Waals surface area contributed by atoms with E-state index in [4.69, 9.17) is 9.47 Å². The molecule has 0 saturated carbocycles. The van der Waals surface area contributed by atoms with Gasteiger partial charge in [-0.25, -0.2) is 14.8 Å². The number of H-pyrrole nitrogens is 1. The number of fused-ring (bicyclic) bond motifs is 1. The number of aromatic nitrogens is 3. The van der Waals surface area contributed by atoms with Crippen molar-refractivity contribution in [2.24, 2.45) is 0 Å². The number of methoxy groups -OCH3 is 1. The maximum Gasteiger partial charge on any atom is 0.338 e. The van der Waals surface area contributed by atoms with Crippen molar-refractivity contribution in [3.05, 3.63) is 59.7 Å². The fourth-order valence-corrected chi connectivity index (χ4v) is 3.58. The van der Waals surface area contributed by atoms with Gasteiger partial charge in [0.15, 0.2) is 11.2 Å². The summed E-state index contributed by atoms with van der Waals surface area (Å²) < 4.78 is 10.6. The molecule has 0 fully saturated rings. The summed E-state index contributed by atoms with van der Waals surface area (Å²) in [5.41, 5.74) is 3.30. The van der Waals surface area contributed by atoms with E-state index in [1.165, 1.54) is 18.3 Å². The van der Waals surface area contributed by atoms with Crippen molar-refractivity contribution < 1.29 is 19.1 Å². The zero-order chi connectivity index (χ0) is 21.1. The number of para-hydroxylation sites is 1. The van der Waals surface area contributed by atoms with Crippen molar-refractivity contribution in [1.29, 1.82) is 0 Å². The first-order chi connectivity index (χ1) is 14.5.